The number of rotatable bonds is 9. The van der Waals surface area contributed by atoms with Crippen molar-refractivity contribution in [1.29, 1.82) is 0 Å². The molecule has 3 atom stereocenters. The molecule has 0 aliphatic carbocycles. The minimum atomic E-state index is -2.58. The highest BCUT2D eigenvalue weighted by molar-refractivity contribution is 5.93. The van der Waals surface area contributed by atoms with Crippen LogP contribution in [0.5, 0.6) is 5.75 Å². The van der Waals surface area contributed by atoms with E-state index in [1.807, 2.05) is 84.9 Å². The van der Waals surface area contributed by atoms with Crippen LogP contribution in [0, 0.1) is 12.3 Å². The first kappa shape index (κ1) is 33.5. The topological polar surface area (TPSA) is 130 Å². The molecule has 1 saturated heterocycles. The number of benzene rings is 3. The third-order valence-corrected chi connectivity index (χ3v) is 8.11. The van der Waals surface area contributed by atoms with E-state index in [1.54, 1.807) is 27.9 Å². The molecule has 2 N–H and O–H groups in total. The van der Waals surface area contributed by atoms with E-state index < -0.39 is 48.0 Å². The maximum absolute atomic E-state index is 17.1. The van der Waals surface area contributed by atoms with Gasteiger partial charge in [-0.15, -0.1) is 6.42 Å². The fourth-order valence-corrected chi connectivity index (χ4v) is 5.98. The Kier molecular flexibility index (Phi) is 8.85. The number of anilines is 1. The maximum Gasteiger partial charge on any atom is 0.413 e. The maximum atomic E-state index is 17.1. The summed E-state index contributed by atoms with van der Waals surface area (Å²) in [6.07, 6.45) is 5.45. The Hall–Kier alpha value is -5.35. The third-order valence-electron chi connectivity index (χ3n) is 8.11. The molecular weight excluding hydrogens is 629 g/mol. The van der Waals surface area contributed by atoms with Crippen molar-refractivity contribution < 1.29 is 33.2 Å². The minimum Gasteiger partial charge on any atom is -0.497 e. The normalized spacial score (nSPS) is 20.9. The van der Waals surface area contributed by atoms with Crippen molar-refractivity contribution in [3.8, 4) is 18.1 Å². The van der Waals surface area contributed by atoms with Crippen LogP contribution in [0.25, 0.3) is 11.2 Å². The SMILES string of the molecule is C#C[C@]1(O)C[C@](F)(COC(c2ccccc2)(c2ccccc2)c2ccc(OC)cc2)O[C@H]1n1cnc2c(NC(=O)OC(C)(C)C)ncnc21. The van der Waals surface area contributed by atoms with Gasteiger partial charge in [-0.25, -0.2) is 24.1 Å². The first-order valence-electron chi connectivity index (χ1n) is 15.5. The Morgan fingerprint density at radius 3 is 2.20 bits per heavy atom. The number of nitrogens with zero attached hydrogens (tertiary/aromatic N) is 4. The van der Waals surface area contributed by atoms with Crippen LogP contribution in [0.4, 0.5) is 15.0 Å². The van der Waals surface area contributed by atoms with Crippen LogP contribution in [0.1, 0.15) is 50.1 Å². The molecule has 3 heterocycles. The molecule has 1 amide bonds. The molecule has 1 fully saturated rings. The minimum absolute atomic E-state index is 0.0464. The van der Waals surface area contributed by atoms with E-state index in [0.717, 1.165) is 11.1 Å². The zero-order valence-electron chi connectivity index (χ0n) is 27.5. The number of nitrogens with one attached hydrogen (secondary N) is 1. The number of ether oxygens (including phenoxy) is 4. The molecule has 3 aromatic carbocycles. The van der Waals surface area contributed by atoms with Crippen LogP contribution in [0.15, 0.2) is 97.6 Å². The molecule has 1 aliphatic heterocycles. The number of amides is 1. The van der Waals surface area contributed by atoms with Crippen LogP contribution in [-0.2, 0) is 19.8 Å². The van der Waals surface area contributed by atoms with Crippen LogP contribution >= 0.6 is 0 Å². The average molecular weight is 666 g/mol. The molecule has 2 aromatic heterocycles. The van der Waals surface area contributed by atoms with Gasteiger partial charge in [0.25, 0.3) is 0 Å². The van der Waals surface area contributed by atoms with E-state index in [4.69, 9.17) is 25.4 Å². The lowest BCUT2D eigenvalue weighted by molar-refractivity contribution is -0.205. The lowest BCUT2D eigenvalue weighted by Gasteiger charge is -2.37. The van der Waals surface area contributed by atoms with Gasteiger partial charge in [-0.05, 0) is 49.6 Å². The Morgan fingerprint density at radius 2 is 1.63 bits per heavy atom. The zero-order valence-corrected chi connectivity index (χ0v) is 27.5. The highest BCUT2D eigenvalue weighted by Gasteiger charge is 2.58. The van der Waals surface area contributed by atoms with Crippen molar-refractivity contribution >= 4 is 23.1 Å². The summed E-state index contributed by atoms with van der Waals surface area (Å²) >= 11 is 0. The number of fused-ring (bicyclic) bond motifs is 1. The summed E-state index contributed by atoms with van der Waals surface area (Å²) in [4.78, 5) is 25.2. The Bertz CT molecular complexity index is 1940. The van der Waals surface area contributed by atoms with Gasteiger partial charge >= 0.3 is 6.09 Å². The highest BCUT2D eigenvalue weighted by Crippen LogP contribution is 2.48. The van der Waals surface area contributed by atoms with Crippen molar-refractivity contribution in [2.45, 2.75) is 56.1 Å². The fraction of sp³-hybridized carbons (Fsp3) is 0.297. The smallest absolute Gasteiger partial charge is 0.413 e. The molecule has 252 valence electrons. The van der Waals surface area contributed by atoms with Crippen LogP contribution in [0.3, 0.4) is 0 Å². The number of terminal acetylenes is 1. The van der Waals surface area contributed by atoms with Gasteiger partial charge < -0.3 is 24.1 Å². The number of methoxy groups -OCH3 is 1. The van der Waals surface area contributed by atoms with Gasteiger partial charge in [0.15, 0.2) is 28.8 Å². The van der Waals surface area contributed by atoms with Gasteiger partial charge in [0.2, 0.25) is 5.85 Å². The number of aliphatic hydroxyl groups is 1. The van der Waals surface area contributed by atoms with Crippen molar-refractivity contribution in [3.05, 3.63) is 114 Å². The Balaban J connectivity index is 1.36. The summed E-state index contributed by atoms with van der Waals surface area (Å²) in [6.45, 7) is 4.55. The second-order valence-corrected chi connectivity index (χ2v) is 12.7. The van der Waals surface area contributed by atoms with E-state index in [9.17, 15) is 9.90 Å². The highest BCUT2D eigenvalue weighted by atomic mass is 19.2. The van der Waals surface area contributed by atoms with Crippen LogP contribution in [0.2, 0.25) is 0 Å². The van der Waals surface area contributed by atoms with Crippen molar-refractivity contribution in [2.24, 2.45) is 0 Å². The van der Waals surface area contributed by atoms with E-state index in [1.165, 1.54) is 17.2 Å². The van der Waals surface area contributed by atoms with E-state index in [2.05, 4.69) is 26.2 Å². The van der Waals surface area contributed by atoms with Gasteiger partial charge in [0.05, 0.1) is 19.9 Å². The largest absolute Gasteiger partial charge is 0.497 e. The number of alkyl halides is 1. The monoisotopic (exact) mass is 665 g/mol. The Labute approximate surface area is 283 Å². The number of hydrogen-bond donors (Lipinski definition) is 2. The number of halogens is 1. The molecule has 49 heavy (non-hydrogen) atoms. The number of imidazole rings is 1. The predicted octanol–water partition coefficient (Wildman–Crippen LogP) is 6.14. The third kappa shape index (κ3) is 6.56. The first-order chi connectivity index (χ1) is 23.4. The number of carbonyl (C=O) groups is 1. The van der Waals surface area contributed by atoms with Crippen molar-refractivity contribution in [2.75, 3.05) is 19.0 Å². The molecule has 1 aliphatic rings. The lowest BCUT2D eigenvalue weighted by atomic mass is 9.80. The summed E-state index contributed by atoms with van der Waals surface area (Å²) in [7, 11) is 1.58. The summed E-state index contributed by atoms with van der Waals surface area (Å²) in [6, 6.07) is 26.2. The van der Waals surface area contributed by atoms with E-state index in [-0.39, 0.29) is 17.0 Å². The first-order valence-corrected chi connectivity index (χ1v) is 15.5. The molecule has 0 unspecified atom stereocenters. The van der Waals surface area contributed by atoms with Crippen LogP contribution in [-0.4, -0.2) is 61.5 Å². The number of carbonyl (C=O) groups excluding carboxylic acids is 1. The second-order valence-electron chi connectivity index (χ2n) is 12.7. The molecule has 11 nitrogen and oxygen atoms in total. The van der Waals surface area contributed by atoms with Gasteiger partial charge in [-0.1, -0.05) is 78.7 Å². The standard InChI is InChI=1S/C37H36FN5O6/c1-6-35(45)21-36(38,48-32(35)43-24-41-29-30(39-23-40-31(29)43)42-33(44)49-34(2,3)4)22-47-37(25-13-9-7-10-14-25,26-15-11-8-12-16-26)27-17-19-28(46-5)20-18-27/h1,7-20,23-24,32,45H,21-22H2,2-5H3,(H,39,40,42,44)/t32-,35+,36-/m1/s1. The van der Waals surface area contributed by atoms with E-state index >= 15 is 4.39 Å². The summed E-state index contributed by atoms with van der Waals surface area (Å²) < 4.78 is 41.8. The summed E-state index contributed by atoms with van der Waals surface area (Å²) in [5.41, 5.74) is -1.74. The molecule has 0 radical (unpaired) electrons. The zero-order chi connectivity index (χ0) is 34.9. The van der Waals surface area contributed by atoms with E-state index in [0.29, 0.717) is 11.3 Å². The fourth-order valence-electron chi connectivity index (χ4n) is 5.98. The number of aromatic nitrogens is 4. The van der Waals surface area contributed by atoms with Crippen LogP contribution < -0.4 is 10.1 Å². The molecule has 5 aromatic rings. The van der Waals surface area contributed by atoms with Gasteiger partial charge in [0.1, 0.15) is 29.9 Å². The molecular formula is C37H36FN5O6. The second kappa shape index (κ2) is 12.9. The average Bonchev–Trinajstić information content (AvgIpc) is 3.64. The Morgan fingerprint density at radius 1 is 1.02 bits per heavy atom. The molecule has 12 heteroatoms. The molecule has 0 bridgehead atoms. The van der Waals surface area contributed by atoms with Crippen molar-refractivity contribution in [1.82, 2.24) is 19.5 Å². The van der Waals surface area contributed by atoms with Gasteiger partial charge in [-0.2, -0.15) is 0 Å². The van der Waals surface area contributed by atoms with Crippen molar-refractivity contribution in [3.63, 3.8) is 0 Å². The molecule has 0 spiro atoms. The lowest BCUT2D eigenvalue weighted by Crippen LogP contribution is -2.40. The molecule has 6 rings (SSSR count). The predicted molar refractivity (Wildman–Crippen MR) is 179 cm³/mol. The number of hydrogen-bond acceptors (Lipinski definition) is 9. The molecule has 0 saturated carbocycles. The van der Waals surface area contributed by atoms with Gasteiger partial charge in [0, 0.05) is 0 Å². The summed E-state index contributed by atoms with van der Waals surface area (Å²) in [5, 5.41) is 14.2. The summed E-state index contributed by atoms with van der Waals surface area (Å²) in [5.74, 6) is 0.428. The quantitative estimate of drug-likeness (QED) is 0.141. The van der Waals surface area contributed by atoms with Gasteiger partial charge in [-0.3, -0.25) is 9.88 Å².